The number of nitrogens with two attached hydrogens (primary N) is 1. The summed E-state index contributed by atoms with van der Waals surface area (Å²) in [6.45, 7) is -0.207. The number of carbonyl (C=O) groups excluding carboxylic acids is 1. The molecule has 6 rings (SSSR count). The van der Waals surface area contributed by atoms with Crippen LogP contribution in [0.2, 0.25) is 5.02 Å². The number of amides is 1. The van der Waals surface area contributed by atoms with Crippen molar-refractivity contribution in [1.82, 2.24) is 15.1 Å². The van der Waals surface area contributed by atoms with Gasteiger partial charge in [0.05, 0.1) is 10.4 Å². The Morgan fingerprint density at radius 2 is 1.94 bits per heavy atom. The first kappa shape index (κ1) is 23.3. The van der Waals surface area contributed by atoms with Crippen LogP contribution < -0.4 is 15.2 Å². The number of ether oxygens (including phenoxy) is 2. The van der Waals surface area contributed by atoms with Gasteiger partial charge in [-0.05, 0) is 37.5 Å². The number of hydrogen-bond donors (Lipinski definition) is 1. The minimum Gasteiger partial charge on any atom is -0.485 e. The number of primary amides is 1. The van der Waals surface area contributed by atoms with E-state index >= 15 is 0 Å². The first-order chi connectivity index (χ1) is 16.5. The summed E-state index contributed by atoms with van der Waals surface area (Å²) < 4.78 is 68.5. The highest BCUT2D eigenvalue weighted by Crippen LogP contribution is 2.75. The Bertz CT molecular complexity index is 1280. The fourth-order valence-corrected chi connectivity index (χ4v) is 4.99. The normalized spacial score (nSPS) is 23.7. The number of halogens is 5. The van der Waals surface area contributed by atoms with E-state index in [0.717, 1.165) is 18.3 Å². The Morgan fingerprint density at radius 3 is 2.60 bits per heavy atom. The van der Waals surface area contributed by atoms with Gasteiger partial charge in [-0.3, -0.25) is 9.78 Å². The minimum absolute atomic E-state index is 0.0387. The molecule has 1 atom stereocenters. The van der Waals surface area contributed by atoms with E-state index in [1.165, 1.54) is 18.2 Å². The fourth-order valence-electron chi connectivity index (χ4n) is 4.87. The van der Waals surface area contributed by atoms with E-state index < -0.39 is 40.5 Å². The van der Waals surface area contributed by atoms with Crippen LogP contribution in [0.3, 0.4) is 0 Å². The van der Waals surface area contributed by atoms with Crippen LogP contribution in [0.5, 0.6) is 11.5 Å². The van der Waals surface area contributed by atoms with E-state index in [1.54, 1.807) is 0 Å². The summed E-state index contributed by atoms with van der Waals surface area (Å²) >= 11 is 5.68. The molecule has 3 aliphatic carbocycles. The van der Waals surface area contributed by atoms with Crippen LogP contribution in [0, 0.1) is 11.2 Å². The maximum atomic E-state index is 13.7. The maximum Gasteiger partial charge on any atom is 0.433 e. The number of pyridine rings is 1. The van der Waals surface area contributed by atoms with Crippen molar-refractivity contribution in [2.75, 3.05) is 0 Å². The highest BCUT2D eigenvalue weighted by molar-refractivity contribution is 6.30. The Kier molecular flexibility index (Phi) is 5.38. The molecular formula is C22H17ClF4N4O4. The Labute approximate surface area is 200 Å². The summed E-state index contributed by atoms with van der Waals surface area (Å²) in [5, 5.41) is 3.77. The average molecular weight is 513 g/mol. The quantitative estimate of drug-likeness (QED) is 0.450. The fraction of sp³-hybridized carbons (Fsp3) is 0.364. The van der Waals surface area contributed by atoms with Gasteiger partial charge in [-0.1, -0.05) is 16.8 Å². The van der Waals surface area contributed by atoms with Gasteiger partial charge in [-0.25, -0.2) is 4.39 Å². The molecule has 13 heteroatoms. The van der Waals surface area contributed by atoms with Crippen molar-refractivity contribution in [3.05, 3.63) is 64.8 Å². The highest BCUT2D eigenvalue weighted by atomic mass is 35.5. The molecule has 8 nitrogen and oxygen atoms in total. The van der Waals surface area contributed by atoms with Crippen molar-refractivity contribution in [2.24, 2.45) is 11.1 Å². The SMILES string of the molecule is NC(=O)C(Oc1ccc(Cl)c(F)c1)C12CC(c3nc(COc4ccnc(C(F)(F)F)c4)no3)(C1)C2. The molecule has 1 unspecified atom stereocenters. The lowest BCUT2D eigenvalue weighted by Crippen LogP contribution is -2.72. The Balaban J connectivity index is 1.22. The molecule has 0 radical (unpaired) electrons. The van der Waals surface area contributed by atoms with Crippen molar-refractivity contribution < 1.29 is 36.4 Å². The number of nitrogens with zero attached hydrogens (tertiary/aromatic N) is 3. The third kappa shape index (κ3) is 4.15. The molecule has 0 spiro atoms. The summed E-state index contributed by atoms with van der Waals surface area (Å²) in [7, 11) is 0. The Hall–Kier alpha value is -3.41. The maximum absolute atomic E-state index is 13.7. The van der Waals surface area contributed by atoms with Gasteiger partial charge in [0, 0.05) is 23.7 Å². The topological polar surface area (TPSA) is 113 Å². The smallest absolute Gasteiger partial charge is 0.433 e. The molecule has 1 amide bonds. The van der Waals surface area contributed by atoms with Crippen molar-refractivity contribution in [3.63, 3.8) is 0 Å². The second kappa shape index (κ2) is 8.08. The van der Waals surface area contributed by atoms with Crippen molar-refractivity contribution in [3.8, 4) is 11.5 Å². The molecular weight excluding hydrogens is 496 g/mol. The zero-order valence-electron chi connectivity index (χ0n) is 17.8. The van der Waals surface area contributed by atoms with E-state index in [1.807, 2.05) is 0 Å². The van der Waals surface area contributed by atoms with Crippen LogP contribution in [0.4, 0.5) is 17.6 Å². The van der Waals surface area contributed by atoms with Crippen LogP contribution >= 0.6 is 11.6 Å². The van der Waals surface area contributed by atoms with Gasteiger partial charge in [0.15, 0.2) is 12.7 Å². The van der Waals surface area contributed by atoms with Gasteiger partial charge in [0.2, 0.25) is 11.7 Å². The van der Waals surface area contributed by atoms with Crippen LogP contribution in [-0.2, 0) is 23.0 Å². The van der Waals surface area contributed by atoms with Gasteiger partial charge >= 0.3 is 6.18 Å². The molecule has 3 fully saturated rings. The van der Waals surface area contributed by atoms with Crippen LogP contribution in [-0.4, -0.2) is 27.1 Å². The number of alkyl halides is 3. The standard InChI is InChI=1S/C22H17ClF4N4O4/c23-13-2-1-12(5-14(13)24)34-17(18(28)32)20-8-21(9-20,10-20)19-30-16(31-35-19)7-33-11-3-4-29-15(6-11)22(25,26)27/h1-6,17H,7-10H2,(H2,28,32). The molecule has 3 aliphatic rings. The molecule has 2 heterocycles. The lowest BCUT2D eigenvalue weighted by atomic mass is 9.33. The average Bonchev–Trinajstić information content (AvgIpc) is 3.20. The molecule has 2 bridgehead atoms. The summed E-state index contributed by atoms with van der Waals surface area (Å²) in [5.41, 5.74) is 3.50. The summed E-state index contributed by atoms with van der Waals surface area (Å²) in [6, 6.07) is 5.93. The van der Waals surface area contributed by atoms with E-state index in [9.17, 15) is 22.4 Å². The van der Waals surface area contributed by atoms with Crippen molar-refractivity contribution >= 4 is 17.5 Å². The largest absolute Gasteiger partial charge is 0.485 e. The predicted molar refractivity (Wildman–Crippen MR) is 111 cm³/mol. The molecule has 2 aromatic heterocycles. The zero-order valence-corrected chi connectivity index (χ0v) is 18.6. The Morgan fingerprint density at radius 1 is 1.20 bits per heavy atom. The third-order valence-electron chi connectivity index (χ3n) is 6.34. The molecule has 184 valence electrons. The van der Waals surface area contributed by atoms with E-state index in [2.05, 4.69) is 15.1 Å². The molecule has 1 aromatic carbocycles. The van der Waals surface area contributed by atoms with Crippen LogP contribution in [0.15, 0.2) is 41.1 Å². The summed E-state index contributed by atoms with van der Waals surface area (Å²) in [6.07, 6.45) is -3.10. The molecule has 0 saturated heterocycles. The van der Waals surface area contributed by atoms with E-state index in [4.69, 9.17) is 31.3 Å². The lowest BCUT2D eigenvalue weighted by molar-refractivity contribution is -0.208. The third-order valence-corrected chi connectivity index (χ3v) is 6.65. The molecule has 35 heavy (non-hydrogen) atoms. The van der Waals surface area contributed by atoms with Gasteiger partial charge in [0.25, 0.3) is 5.91 Å². The lowest BCUT2D eigenvalue weighted by Gasteiger charge is -2.69. The van der Waals surface area contributed by atoms with E-state index in [-0.39, 0.29) is 29.0 Å². The van der Waals surface area contributed by atoms with Gasteiger partial charge in [-0.15, -0.1) is 0 Å². The zero-order chi connectivity index (χ0) is 25.0. The predicted octanol–water partition coefficient (Wildman–Crippen LogP) is 4.21. The monoisotopic (exact) mass is 512 g/mol. The van der Waals surface area contributed by atoms with Crippen molar-refractivity contribution in [1.29, 1.82) is 0 Å². The molecule has 2 N–H and O–H groups in total. The first-order valence-electron chi connectivity index (χ1n) is 10.4. The number of rotatable bonds is 8. The minimum atomic E-state index is -4.59. The van der Waals surface area contributed by atoms with Gasteiger partial charge in [-0.2, -0.15) is 18.2 Å². The van der Waals surface area contributed by atoms with E-state index in [0.29, 0.717) is 25.2 Å². The van der Waals surface area contributed by atoms with Crippen LogP contribution in [0.25, 0.3) is 0 Å². The summed E-state index contributed by atoms with van der Waals surface area (Å²) in [5.74, 6) is -0.764. The number of hydrogen-bond acceptors (Lipinski definition) is 7. The number of benzene rings is 1. The van der Waals surface area contributed by atoms with Crippen molar-refractivity contribution in [2.45, 2.75) is 43.6 Å². The summed E-state index contributed by atoms with van der Waals surface area (Å²) in [4.78, 5) is 19.7. The number of aromatic nitrogens is 3. The second-order valence-electron chi connectivity index (χ2n) is 8.83. The molecule has 3 aromatic rings. The second-order valence-corrected chi connectivity index (χ2v) is 9.24. The first-order valence-corrected chi connectivity index (χ1v) is 10.8. The highest BCUT2D eigenvalue weighted by Gasteiger charge is 2.75. The van der Waals surface area contributed by atoms with Gasteiger partial charge in [0.1, 0.15) is 23.0 Å². The molecule has 3 saturated carbocycles. The van der Waals surface area contributed by atoms with Gasteiger partial charge < -0.3 is 19.7 Å². The van der Waals surface area contributed by atoms with Crippen LogP contribution in [0.1, 0.15) is 36.7 Å². The number of carbonyl (C=O) groups is 1. The molecule has 0 aliphatic heterocycles.